The van der Waals surface area contributed by atoms with Crippen molar-refractivity contribution in [3.05, 3.63) is 0 Å². The number of rotatable bonds is 4. The molecule has 0 aromatic carbocycles. The van der Waals surface area contributed by atoms with Crippen molar-refractivity contribution in [3.8, 4) is 0 Å². The third kappa shape index (κ3) is 4.51. The van der Waals surface area contributed by atoms with Gasteiger partial charge in [0, 0.05) is 6.54 Å². The summed E-state index contributed by atoms with van der Waals surface area (Å²) in [5.74, 6) is 1.13. The second-order valence-electron chi connectivity index (χ2n) is 4.71. The number of amides is 1. The topological polar surface area (TPSA) is 87.7 Å². The molecular weight excluding hydrogens is 206 g/mol. The summed E-state index contributed by atoms with van der Waals surface area (Å²) in [7, 11) is 0. The van der Waals surface area contributed by atoms with Crippen LogP contribution in [-0.2, 0) is 4.79 Å². The van der Waals surface area contributed by atoms with Gasteiger partial charge in [0.25, 0.3) is 0 Å². The van der Waals surface area contributed by atoms with Gasteiger partial charge in [0.05, 0.1) is 6.42 Å². The summed E-state index contributed by atoms with van der Waals surface area (Å²) in [5.41, 5.74) is 5.24. The first-order valence-electron chi connectivity index (χ1n) is 5.85. The molecule has 2 atom stereocenters. The molecule has 0 aliphatic heterocycles. The van der Waals surface area contributed by atoms with Crippen LogP contribution in [0.15, 0.2) is 5.16 Å². The summed E-state index contributed by atoms with van der Waals surface area (Å²) in [5, 5.41) is 13.9. The maximum atomic E-state index is 11.4. The second kappa shape index (κ2) is 6.35. The third-order valence-electron chi connectivity index (χ3n) is 3.10. The van der Waals surface area contributed by atoms with Crippen LogP contribution in [-0.4, -0.2) is 23.5 Å². The molecule has 5 heteroatoms. The van der Waals surface area contributed by atoms with Crippen LogP contribution < -0.4 is 11.1 Å². The van der Waals surface area contributed by atoms with E-state index < -0.39 is 0 Å². The van der Waals surface area contributed by atoms with E-state index in [0.29, 0.717) is 12.5 Å². The lowest BCUT2D eigenvalue weighted by molar-refractivity contribution is -0.120. The summed E-state index contributed by atoms with van der Waals surface area (Å²) in [6.07, 6.45) is 4.90. The number of nitrogens with zero attached hydrogens (tertiary/aromatic N) is 1. The number of nitrogens with one attached hydrogen (secondary N) is 1. The van der Waals surface area contributed by atoms with Crippen LogP contribution in [0, 0.1) is 11.8 Å². The van der Waals surface area contributed by atoms with E-state index >= 15 is 0 Å². The molecule has 1 rings (SSSR count). The Labute approximate surface area is 96.1 Å². The smallest absolute Gasteiger partial charge is 0.227 e. The summed E-state index contributed by atoms with van der Waals surface area (Å²) < 4.78 is 0. The number of hydrogen-bond donors (Lipinski definition) is 3. The molecule has 0 aromatic heterocycles. The highest BCUT2D eigenvalue weighted by Gasteiger charge is 2.19. The summed E-state index contributed by atoms with van der Waals surface area (Å²) in [6, 6.07) is 0. The van der Waals surface area contributed by atoms with E-state index in [1.807, 2.05) is 0 Å². The van der Waals surface area contributed by atoms with Gasteiger partial charge in [-0.15, -0.1) is 0 Å². The average Bonchev–Trinajstić information content (AvgIpc) is 2.26. The van der Waals surface area contributed by atoms with Crippen molar-refractivity contribution in [1.82, 2.24) is 5.32 Å². The fourth-order valence-corrected chi connectivity index (χ4v) is 2.27. The van der Waals surface area contributed by atoms with Gasteiger partial charge in [-0.3, -0.25) is 4.79 Å². The molecule has 1 saturated carbocycles. The lowest BCUT2D eigenvalue weighted by Crippen LogP contribution is -2.33. The minimum Gasteiger partial charge on any atom is -0.409 e. The van der Waals surface area contributed by atoms with Crippen molar-refractivity contribution in [1.29, 1.82) is 0 Å². The van der Waals surface area contributed by atoms with Crippen molar-refractivity contribution >= 4 is 11.7 Å². The quantitative estimate of drug-likeness (QED) is 0.290. The summed E-state index contributed by atoms with van der Waals surface area (Å²) in [4.78, 5) is 11.4. The molecule has 0 saturated heterocycles. The van der Waals surface area contributed by atoms with Gasteiger partial charge >= 0.3 is 0 Å². The minimum absolute atomic E-state index is 0.0290. The number of amidine groups is 1. The molecule has 1 fully saturated rings. The van der Waals surface area contributed by atoms with E-state index in [9.17, 15) is 4.79 Å². The van der Waals surface area contributed by atoms with Crippen LogP contribution >= 0.6 is 0 Å². The molecule has 16 heavy (non-hydrogen) atoms. The molecule has 0 radical (unpaired) electrons. The first-order chi connectivity index (χ1) is 7.61. The van der Waals surface area contributed by atoms with Gasteiger partial charge in [-0.25, -0.2) is 0 Å². The highest BCUT2D eigenvalue weighted by Crippen LogP contribution is 2.27. The molecule has 0 bridgehead atoms. The van der Waals surface area contributed by atoms with Crippen LogP contribution in [0.5, 0.6) is 0 Å². The molecule has 1 aliphatic carbocycles. The van der Waals surface area contributed by atoms with Crippen molar-refractivity contribution in [3.63, 3.8) is 0 Å². The maximum absolute atomic E-state index is 11.4. The lowest BCUT2D eigenvalue weighted by atomic mass is 9.82. The van der Waals surface area contributed by atoms with Crippen molar-refractivity contribution in [2.75, 3.05) is 6.54 Å². The van der Waals surface area contributed by atoms with Crippen LogP contribution in [0.1, 0.15) is 39.0 Å². The Balaban J connectivity index is 2.21. The zero-order chi connectivity index (χ0) is 12.0. The first kappa shape index (κ1) is 12.8. The first-order valence-corrected chi connectivity index (χ1v) is 5.85. The van der Waals surface area contributed by atoms with Crippen molar-refractivity contribution < 1.29 is 10.0 Å². The number of carbonyl (C=O) groups excluding carboxylic acids is 1. The second-order valence-corrected chi connectivity index (χ2v) is 4.71. The Morgan fingerprint density at radius 1 is 1.56 bits per heavy atom. The highest BCUT2D eigenvalue weighted by molar-refractivity contribution is 5.98. The predicted octanol–water partition coefficient (Wildman–Crippen LogP) is 1.07. The molecule has 0 heterocycles. The standard InChI is InChI=1S/C11H21N3O2/c1-8-3-2-4-9(5-8)7-13-11(15)6-10(12)14-16/h8-9,16H,2-7H2,1H3,(H2,12,14)(H,13,15). The zero-order valence-electron chi connectivity index (χ0n) is 9.78. The van der Waals surface area contributed by atoms with Gasteiger partial charge in [-0.1, -0.05) is 24.9 Å². The Morgan fingerprint density at radius 2 is 2.31 bits per heavy atom. The van der Waals surface area contributed by atoms with Crippen LogP contribution in [0.3, 0.4) is 0 Å². The number of hydrogen-bond acceptors (Lipinski definition) is 3. The number of nitrogens with two attached hydrogens (primary N) is 1. The molecule has 4 N–H and O–H groups in total. The Morgan fingerprint density at radius 3 is 2.94 bits per heavy atom. The van der Waals surface area contributed by atoms with Gasteiger partial charge < -0.3 is 16.3 Å². The van der Waals surface area contributed by atoms with E-state index in [1.54, 1.807) is 0 Å². The summed E-state index contributed by atoms with van der Waals surface area (Å²) >= 11 is 0. The van der Waals surface area contributed by atoms with E-state index in [-0.39, 0.29) is 18.2 Å². The molecule has 1 aliphatic rings. The molecule has 0 aromatic rings. The fourth-order valence-electron chi connectivity index (χ4n) is 2.27. The number of oxime groups is 1. The van der Waals surface area contributed by atoms with Gasteiger partial charge in [-0.2, -0.15) is 0 Å². The third-order valence-corrected chi connectivity index (χ3v) is 3.10. The SMILES string of the molecule is CC1CCCC(CNC(=O)CC(N)=NO)C1. The molecule has 0 spiro atoms. The van der Waals surface area contributed by atoms with Crippen LogP contribution in [0.25, 0.3) is 0 Å². The zero-order valence-corrected chi connectivity index (χ0v) is 9.78. The molecule has 5 nitrogen and oxygen atoms in total. The molecule has 1 amide bonds. The van der Waals surface area contributed by atoms with Gasteiger partial charge in [0.15, 0.2) is 0 Å². The fraction of sp³-hybridized carbons (Fsp3) is 0.818. The lowest BCUT2D eigenvalue weighted by Gasteiger charge is -2.26. The predicted molar refractivity (Wildman–Crippen MR) is 62.2 cm³/mol. The molecule has 92 valence electrons. The number of carbonyl (C=O) groups is 1. The van der Waals surface area contributed by atoms with Gasteiger partial charge in [0.2, 0.25) is 5.91 Å². The average molecular weight is 227 g/mol. The Bertz CT molecular complexity index is 266. The molecule has 2 unspecified atom stereocenters. The van der Waals surface area contributed by atoms with E-state index in [1.165, 1.54) is 25.7 Å². The van der Waals surface area contributed by atoms with Crippen molar-refractivity contribution in [2.45, 2.75) is 39.0 Å². The normalized spacial score (nSPS) is 26.4. The van der Waals surface area contributed by atoms with Crippen molar-refractivity contribution in [2.24, 2.45) is 22.7 Å². The minimum atomic E-state index is -0.173. The largest absolute Gasteiger partial charge is 0.409 e. The summed E-state index contributed by atoms with van der Waals surface area (Å²) in [6.45, 7) is 2.96. The van der Waals surface area contributed by atoms with Crippen LogP contribution in [0.4, 0.5) is 0 Å². The Kier molecular flexibility index (Phi) is 5.08. The van der Waals surface area contributed by atoms with E-state index in [4.69, 9.17) is 10.9 Å². The van der Waals surface area contributed by atoms with E-state index in [0.717, 1.165) is 5.92 Å². The van der Waals surface area contributed by atoms with E-state index in [2.05, 4.69) is 17.4 Å². The van der Waals surface area contributed by atoms with Gasteiger partial charge in [-0.05, 0) is 24.7 Å². The maximum Gasteiger partial charge on any atom is 0.227 e. The molecular formula is C11H21N3O2. The highest BCUT2D eigenvalue weighted by atomic mass is 16.4. The Hall–Kier alpha value is -1.26. The van der Waals surface area contributed by atoms with Crippen LogP contribution in [0.2, 0.25) is 0 Å². The van der Waals surface area contributed by atoms with Gasteiger partial charge in [0.1, 0.15) is 5.84 Å². The monoisotopic (exact) mass is 227 g/mol.